The molecule has 0 saturated carbocycles. The van der Waals surface area contributed by atoms with Crippen molar-refractivity contribution in [3.8, 4) is 0 Å². The standard InChI is InChI=1S/Al.BH2O3.Li.H3O4P/c;2-1(3)4;;1-5(2,3)4/h;2-3H;;(H3,1,2,3,4)/q+3;-1;+1;/p-3. The summed E-state index contributed by atoms with van der Waals surface area (Å²) in [6.45, 7) is 0. The first kappa shape index (κ1) is 22.8. The summed E-state index contributed by atoms with van der Waals surface area (Å²) in [6, 6.07) is 0. The van der Waals surface area contributed by atoms with Crippen molar-refractivity contribution in [3.05, 3.63) is 0 Å². The Balaban J connectivity index is -0.0000000383. The van der Waals surface area contributed by atoms with Gasteiger partial charge in [-0.2, -0.15) is 7.82 Å². The average Bonchev–Trinajstić information content (AvgIpc) is 1.19. The van der Waals surface area contributed by atoms with Crippen LogP contribution in [0.15, 0.2) is 0 Å². The minimum Gasteiger partial charge on any atom is -0.832 e. The zero-order valence-corrected chi connectivity index (χ0v) is 7.59. The van der Waals surface area contributed by atoms with Crippen LogP contribution in [0.25, 0.3) is 0 Å². The van der Waals surface area contributed by atoms with Crippen LogP contribution in [0.2, 0.25) is 0 Å². The van der Waals surface area contributed by atoms with Crippen molar-refractivity contribution in [1.29, 1.82) is 0 Å². The molecule has 0 saturated heterocycles. The largest absolute Gasteiger partial charge is 3.00 e. The molecule has 0 aliphatic carbocycles. The van der Waals surface area contributed by atoms with E-state index in [-0.39, 0.29) is 36.2 Å². The summed E-state index contributed by atoms with van der Waals surface area (Å²) in [4.78, 5) is 25.6. The van der Waals surface area contributed by atoms with E-state index in [9.17, 15) is 0 Å². The first-order valence-corrected chi connectivity index (χ1v) is 2.94. The van der Waals surface area contributed by atoms with E-state index in [4.69, 9.17) is 34.3 Å². The molecular weight excluding hydrogens is 188 g/mol. The fourth-order valence-electron chi connectivity index (χ4n) is 0. The quantitative estimate of drug-likeness (QED) is 0.284. The van der Waals surface area contributed by atoms with Crippen LogP contribution in [-0.2, 0) is 4.57 Å². The van der Waals surface area contributed by atoms with Crippen molar-refractivity contribution in [2.45, 2.75) is 0 Å². The summed E-state index contributed by atoms with van der Waals surface area (Å²) in [5.41, 5.74) is 0. The van der Waals surface area contributed by atoms with E-state index in [1.807, 2.05) is 0 Å². The smallest absolute Gasteiger partial charge is 0.832 e. The summed E-state index contributed by atoms with van der Waals surface area (Å²) < 4.78 is 8.55. The van der Waals surface area contributed by atoms with Gasteiger partial charge in [0.15, 0.2) is 0 Å². The molecule has 11 heteroatoms. The molecule has 0 amide bonds. The van der Waals surface area contributed by atoms with Gasteiger partial charge in [0.1, 0.15) is 0 Å². The Kier molecular flexibility index (Phi) is 23.1. The van der Waals surface area contributed by atoms with E-state index in [1.54, 1.807) is 0 Å². The van der Waals surface area contributed by atoms with Crippen LogP contribution in [0.1, 0.15) is 0 Å². The molecule has 0 spiro atoms. The van der Waals surface area contributed by atoms with Gasteiger partial charge in [0.25, 0.3) is 0 Å². The fraction of sp³-hybridized carbons (Fsp3) is 0. The van der Waals surface area contributed by atoms with Crippen LogP contribution < -0.4 is 38.6 Å². The summed E-state index contributed by atoms with van der Waals surface area (Å²) in [5, 5.41) is 22.8. The fourth-order valence-corrected chi connectivity index (χ4v) is 0. The van der Waals surface area contributed by atoms with Gasteiger partial charge in [0, 0.05) is 0 Å². The molecule has 56 valence electrons. The maximum absolute atomic E-state index is 8.64. The first-order chi connectivity index (χ1) is 3.73. The van der Waals surface area contributed by atoms with E-state index in [0.717, 1.165) is 0 Å². The molecule has 0 aromatic rings. The zero-order chi connectivity index (χ0) is 8.08. The molecule has 0 fully saturated rings. The van der Waals surface area contributed by atoms with Gasteiger partial charge in [0.2, 0.25) is 0 Å². The van der Waals surface area contributed by atoms with Gasteiger partial charge >= 0.3 is 43.5 Å². The minimum atomic E-state index is -5.39. The molecule has 0 aromatic carbocycles. The maximum atomic E-state index is 8.64. The van der Waals surface area contributed by atoms with Crippen molar-refractivity contribution in [2.75, 3.05) is 0 Å². The molecule has 2 N–H and O–H groups in total. The Hall–Kier alpha value is 1.18. The van der Waals surface area contributed by atoms with Crippen LogP contribution >= 0.6 is 7.82 Å². The Bertz CT molecular complexity index is 89.6. The van der Waals surface area contributed by atoms with Gasteiger partial charge in [-0.15, -0.1) is 0 Å². The molecule has 11 heavy (non-hydrogen) atoms. The van der Waals surface area contributed by atoms with E-state index >= 15 is 0 Å². The molecule has 0 rings (SSSR count). The van der Waals surface area contributed by atoms with Crippen molar-refractivity contribution in [3.63, 3.8) is 0 Å². The second kappa shape index (κ2) is 11.2. The SMILES string of the molecule is O=P([O-])([O-])[O-].[Al+3].[Li+].[O-]B(O)O. The molecule has 0 aliphatic rings. The topological polar surface area (TPSA) is 150 Å². The molecule has 0 atom stereocenters. The third kappa shape index (κ3) is 672. The van der Waals surface area contributed by atoms with E-state index in [1.165, 1.54) is 0 Å². The van der Waals surface area contributed by atoms with Gasteiger partial charge in [-0.1, -0.05) is 0 Å². The number of hydrogen-bond donors (Lipinski definition) is 2. The van der Waals surface area contributed by atoms with Crippen LogP contribution in [-0.4, -0.2) is 34.7 Å². The van der Waals surface area contributed by atoms with Crippen molar-refractivity contribution in [2.24, 2.45) is 0 Å². The molecular formula is H2AlBLiO7P. The zero-order valence-electron chi connectivity index (χ0n) is 5.54. The number of phosphoric acid groups is 1. The van der Waals surface area contributed by atoms with Gasteiger partial charge in [-0.05, 0) is 0 Å². The molecule has 0 bridgehead atoms. The van der Waals surface area contributed by atoms with Gasteiger partial charge in [0.05, 0.1) is 0 Å². The first-order valence-electron chi connectivity index (χ1n) is 1.48. The third-order valence-corrected chi connectivity index (χ3v) is 0. The van der Waals surface area contributed by atoms with Crippen LogP contribution in [0.3, 0.4) is 0 Å². The number of rotatable bonds is 0. The molecule has 7 nitrogen and oxygen atoms in total. The van der Waals surface area contributed by atoms with E-state index < -0.39 is 15.1 Å². The van der Waals surface area contributed by atoms with Crippen molar-refractivity contribution < 1.29 is 53.2 Å². The predicted octanol–water partition coefficient (Wildman–Crippen LogP) is -8.89. The maximum Gasteiger partial charge on any atom is 3.00 e. The molecule has 0 radical (unpaired) electrons. The van der Waals surface area contributed by atoms with Crippen LogP contribution in [0.4, 0.5) is 0 Å². The van der Waals surface area contributed by atoms with Gasteiger partial charge < -0.3 is 34.3 Å². The second-order valence-corrected chi connectivity index (χ2v) is 1.67. The van der Waals surface area contributed by atoms with Crippen LogP contribution in [0, 0.1) is 0 Å². The predicted molar refractivity (Wildman–Crippen MR) is 23.6 cm³/mol. The summed E-state index contributed by atoms with van der Waals surface area (Å²) >= 11 is 0. The van der Waals surface area contributed by atoms with Crippen molar-refractivity contribution >= 4 is 32.5 Å². The Morgan fingerprint density at radius 3 is 1.18 bits per heavy atom. The summed E-state index contributed by atoms with van der Waals surface area (Å²) in [6.07, 6.45) is 0. The monoisotopic (exact) mass is 190 g/mol. The minimum absolute atomic E-state index is 0. The van der Waals surface area contributed by atoms with Crippen LogP contribution in [0.5, 0.6) is 0 Å². The van der Waals surface area contributed by atoms with Gasteiger partial charge in [-0.25, -0.2) is 0 Å². The number of hydrogen-bond acceptors (Lipinski definition) is 7. The normalized spacial score (nSPS) is 7.82. The van der Waals surface area contributed by atoms with Crippen molar-refractivity contribution in [1.82, 2.24) is 0 Å². The Morgan fingerprint density at radius 1 is 1.18 bits per heavy atom. The summed E-state index contributed by atoms with van der Waals surface area (Å²) in [5.74, 6) is 0. The summed E-state index contributed by atoms with van der Waals surface area (Å²) in [7, 11) is -7.81. The molecule has 0 aliphatic heterocycles. The molecule has 0 aromatic heterocycles. The van der Waals surface area contributed by atoms with E-state index in [0.29, 0.717) is 0 Å². The molecule has 0 heterocycles. The average molecular weight is 190 g/mol. The third-order valence-electron chi connectivity index (χ3n) is 0. The Morgan fingerprint density at radius 2 is 1.18 bits per heavy atom. The Labute approximate surface area is 85.8 Å². The van der Waals surface area contributed by atoms with E-state index in [2.05, 4.69) is 0 Å². The van der Waals surface area contributed by atoms with Gasteiger partial charge in [-0.3, -0.25) is 0 Å². The molecule has 0 unspecified atom stereocenters. The second-order valence-electron chi connectivity index (χ2n) is 0.774.